The molecule has 12 nitrogen and oxygen atoms in total. The number of rotatable bonds is 4. The minimum atomic E-state index is -3.43. The molecule has 1 saturated carbocycles. The Labute approximate surface area is 315 Å². The summed E-state index contributed by atoms with van der Waals surface area (Å²) in [6, 6.07) is 11.8. The summed E-state index contributed by atoms with van der Waals surface area (Å²) in [5, 5.41) is 1.17. The van der Waals surface area contributed by atoms with Crippen LogP contribution in [0.15, 0.2) is 65.4 Å². The van der Waals surface area contributed by atoms with Gasteiger partial charge in [0, 0.05) is 42.4 Å². The lowest BCUT2D eigenvalue weighted by Crippen LogP contribution is -2.49. The number of nitrogens with one attached hydrogen (secondary N) is 1. The second kappa shape index (κ2) is 14.5. The minimum Gasteiger partial charge on any atom is -0.490 e. The average Bonchev–Trinajstić information content (AvgIpc) is 3.28. The fraction of sp³-hybridized carbons (Fsp3) is 0.462. The molecule has 4 aromatic rings. The van der Waals surface area contributed by atoms with Gasteiger partial charge in [-0.3, -0.25) is 9.52 Å². The molecule has 4 heterocycles. The molecule has 278 valence electrons. The molecule has 2 aromatic carbocycles. The smallest absolute Gasteiger partial charge is 0.318 e. The number of benzene rings is 2. The molecule has 53 heavy (non-hydrogen) atoms. The number of carbonyl (C=O) groups is 1. The Morgan fingerprint density at radius 2 is 2.00 bits per heavy atom. The van der Waals surface area contributed by atoms with Crippen molar-refractivity contribution in [3.63, 3.8) is 0 Å². The lowest BCUT2D eigenvalue weighted by atomic mass is 9.68. The predicted octanol–water partition coefficient (Wildman–Crippen LogP) is 6.83. The van der Waals surface area contributed by atoms with Gasteiger partial charge in [0.1, 0.15) is 22.0 Å². The second-order valence-electron chi connectivity index (χ2n) is 14.9. The van der Waals surface area contributed by atoms with E-state index < -0.39 is 15.8 Å². The number of amides is 1. The molecular formula is C39H44ClN7O5S. The number of ether oxygens (including phenoxy) is 3. The maximum Gasteiger partial charge on any atom is 0.318 e. The summed E-state index contributed by atoms with van der Waals surface area (Å²) < 4.78 is 40.3. The number of aromatic nitrogens is 4. The van der Waals surface area contributed by atoms with Crippen LogP contribution in [-0.2, 0) is 26.5 Å². The first kappa shape index (κ1) is 35.7. The van der Waals surface area contributed by atoms with E-state index in [1.54, 1.807) is 13.2 Å². The lowest BCUT2D eigenvalue weighted by molar-refractivity contribution is 0.0131. The van der Waals surface area contributed by atoms with Gasteiger partial charge in [-0.25, -0.2) is 19.2 Å². The molecule has 8 rings (SSSR count). The third kappa shape index (κ3) is 7.06. The van der Waals surface area contributed by atoms with Crippen molar-refractivity contribution in [2.75, 3.05) is 49.3 Å². The van der Waals surface area contributed by atoms with Crippen molar-refractivity contribution in [2.45, 2.75) is 57.0 Å². The van der Waals surface area contributed by atoms with Crippen molar-refractivity contribution >= 4 is 50.0 Å². The van der Waals surface area contributed by atoms with Crippen LogP contribution in [-0.4, -0.2) is 75.8 Å². The van der Waals surface area contributed by atoms with Gasteiger partial charge in [-0.2, -0.15) is 4.98 Å². The molecule has 2 aliphatic carbocycles. The number of carbonyl (C=O) groups excluding carboxylic acids is 1. The van der Waals surface area contributed by atoms with Gasteiger partial charge in [-0.05, 0) is 97.7 Å². The molecule has 4 aliphatic rings. The van der Waals surface area contributed by atoms with Crippen molar-refractivity contribution in [3.05, 3.63) is 82.8 Å². The number of anilines is 2. The number of hydrogen-bond donors (Lipinski definition) is 1. The standard InChI is InChI=1S/C39H44ClN7O5S/c1-24-6-4-8-33(50-2)29-12-9-27(29)19-47-21-39(15-5-7-25-16-28(40)11-13-31(25)39)22-52-34-14-10-26(17-32(34)47)37(48)46-53(49,20-24)45-36-30-18-41-38(51-3)44-35(30)42-23-43-36/h4,8,10-11,13-14,16-18,23-24,27,29,33H,5-7,9,12,15,19-22H2,1-3H3,(H,41,42,43,44,45,46,48,49)/b8-4+/t24-,27-,29+,33-,39-,53?/m0/s1. The summed E-state index contributed by atoms with van der Waals surface area (Å²) in [6.45, 7) is 4.03. The largest absolute Gasteiger partial charge is 0.490 e. The van der Waals surface area contributed by atoms with Crippen LogP contribution in [0.3, 0.4) is 0 Å². The third-order valence-electron chi connectivity index (χ3n) is 11.3. The lowest BCUT2D eigenvalue weighted by Gasteiger charge is -2.46. The van der Waals surface area contributed by atoms with Crippen molar-refractivity contribution in [3.8, 4) is 11.8 Å². The van der Waals surface area contributed by atoms with Gasteiger partial charge in [-0.1, -0.05) is 36.7 Å². The van der Waals surface area contributed by atoms with Gasteiger partial charge >= 0.3 is 6.01 Å². The van der Waals surface area contributed by atoms with Crippen LogP contribution in [0, 0.1) is 17.8 Å². The topological polar surface area (TPSA) is 141 Å². The number of nitrogens with zero attached hydrogens (tertiary/aromatic N) is 6. The van der Waals surface area contributed by atoms with Crippen LogP contribution in [0.2, 0.25) is 5.02 Å². The highest BCUT2D eigenvalue weighted by molar-refractivity contribution is 7.95. The Morgan fingerprint density at radius 3 is 2.81 bits per heavy atom. The summed E-state index contributed by atoms with van der Waals surface area (Å²) >= 11 is 6.47. The van der Waals surface area contributed by atoms with E-state index in [1.807, 2.05) is 25.1 Å². The van der Waals surface area contributed by atoms with Gasteiger partial charge in [0.05, 0.1) is 36.6 Å². The van der Waals surface area contributed by atoms with E-state index in [4.69, 9.17) is 25.8 Å². The molecule has 6 atom stereocenters. The summed E-state index contributed by atoms with van der Waals surface area (Å²) in [5.41, 5.74) is 3.77. The molecule has 0 radical (unpaired) electrons. The predicted molar refractivity (Wildman–Crippen MR) is 205 cm³/mol. The molecule has 2 bridgehead atoms. The highest BCUT2D eigenvalue weighted by atomic mass is 35.5. The monoisotopic (exact) mass is 757 g/mol. The van der Waals surface area contributed by atoms with Gasteiger partial charge < -0.3 is 19.1 Å². The van der Waals surface area contributed by atoms with E-state index in [0.717, 1.165) is 61.7 Å². The molecule has 2 aliphatic heterocycles. The Bertz CT molecular complexity index is 2210. The van der Waals surface area contributed by atoms with Gasteiger partial charge in [0.15, 0.2) is 11.5 Å². The van der Waals surface area contributed by atoms with Crippen molar-refractivity contribution < 1.29 is 23.2 Å². The van der Waals surface area contributed by atoms with E-state index in [2.05, 4.69) is 58.2 Å². The highest BCUT2D eigenvalue weighted by Gasteiger charge is 2.44. The van der Waals surface area contributed by atoms with Crippen LogP contribution in [0.25, 0.3) is 11.0 Å². The fourth-order valence-electron chi connectivity index (χ4n) is 8.53. The summed E-state index contributed by atoms with van der Waals surface area (Å²) in [4.78, 5) is 33.7. The molecule has 1 spiro atoms. The maximum absolute atomic E-state index is 14.9. The van der Waals surface area contributed by atoms with E-state index in [9.17, 15) is 9.00 Å². The first-order chi connectivity index (χ1) is 25.7. The van der Waals surface area contributed by atoms with Crippen LogP contribution in [0.4, 0.5) is 11.5 Å². The number of halogens is 1. The molecular weight excluding hydrogens is 714 g/mol. The normalized spacial score (nSPS) is 29.1. The Morgan fingerprint density at radius 1 is 1.11 bits per heavy atom. The molecule has 1 unspecified atom stereocenters. The maximum atomic E-state index is 14.9. The first-order valence-electron chi connectivity index (χ1n) is 18.2. The Balaban J connectivity index is 1.22. The SMILES string of the molecule is COc1ncc2c(NS3(=O)=NC(=O)c4ccc5c(c4)N(C[C@@H]4CC[C@H]4[C@@H](OC)/C=C/C[C@H](C)C3)C[C@@]3(CCCc4cc(Cl)ccc43)CO5)ncnc2n1. The zero-order chi connectivity index (χ0) is 36.7. The second-order valence-corrected chi connectivity index (χ2v) is 17.3. The number of aryl methyl sites for hydroxylation is 1. The van der Waals surface area contributed by atoms with E-state index in [1.165, 1.54) is 30.8 Å². The third-order valence-corrected chi connectivity index (χ3v) is 13.6. The highest BCUT2D eigenvalue weighted by Crippen LogP contribution is 2.47. The zero-order valence-corrected chi connectivity index (χ0v) is 31.7. The molecule has 1 amide bonds. The van der Waals surface area contributed by atoms with Crippen molar-refractivity contribution in [1.29, 1.82) is 0 Å². The molecule has 2 aromatic heterocycles. The number of fused-ring (bicyclic) bond motifs is 5. The molecule has 14 heteroatoms. The van der Waals surface area contributed by atoms with Gasteiger partial charge in [-0.15, -0.1) is 4.36 Å². The summed E-state index contributed by atoms with van der Waals surface area (Å²) in [6.07, 6.45) is 12.8. The Kier molecular flexibility index (Phi) is 9.75. The first-order valence-corrected chi connectivity index (χ1v) is 20.3. The van der Waals surface area contributed by atoms with E-state index in [-0.39, 0.29) is 35.0 Å². The fourth-order valence-corrected chi connectivity index (χ4v) is 10.7. The van der Waals surface area contributed by atoms with E-state index >= 15 is 0 Å². The number of hydrogen-bond acceptors (Lipinski definition) is 10. The van der Waals surface area contributed by atoms with Crippen molar-refractivity contribution in [1.82, 2.24) is 19.9 Å². The summed E-state index contributed by atoms with van der Waals surface area (Å²) in [7, 11) is -0.182. The van der Waals surface area contributed by atoms with E-state index in [0.29, 0.717) is 41.5 Å². The quantitative estimate of drug-likeness (QED) is 0.220. The van der Waals surface area contributed by atoms with Crippen LogP contribution >= 0.6 is 11.6 Å². The van der Waals surface area contributed by atoms with Gasteiger partial charge in [0.2, 0.25) is 0 Å². The molecule has 1 fully saturated rings. The average molecular weight is 758 g/mol. The minimum absolute atomic E-state index is 0.0486. The molecule has 0 saturated heterocycles. The molecule has 1 N–H and O–H groups in total. The number of methoxy groups -OCH3 is 2. The Hall–Kier alpha value is -4.33. The van der Waals surface area contributed by atoms with Crippen molar-refractivity contribution in [2.24, 2.45) is 22.1 Å². The number of allylic oxidation sites excluding steroid dienone is 1. The van der Waals surface area contributed by atoms with Crippen LogP contribution in [0.1, 0.15) is 60.5 Å². The van der Waals surface area contributed by atoms with Crippen LogP contribution in [0.5, 0.6) is 11.8 Å². The summed E-state index contributed by atoms with van der Waals surface area (Å²) in [5.74, 6) is 1.07. The van der Waals surface area contributed by atoms with Crippen LogP contribution < -0.4 is 19.1 Å². The zero-order valence-electron chi connectivity index (χ0n) is 30.2. The van der Waals surface area contributed by atoms with Gasteiger partial charge in [0.25, 0.3) is 5.91 Å².